The molecule has 2 aromatic rings. The molecule has 0 saturated heterocycles. The summed E-state index contributed by atoms with van der Waals surface area (Å²) in [6.07, 6.45) is 0. The Kier molecular flexibility index (Phi) is 3.75. The largest absolute Gasteiger partial charge is 0.323 e. The molecule has 0 radical (unpaired) electrons. The minimum atomic E-state index is -0.587. The molecule has 0 aliphatic heterocycles. The minimum absolute atomic E-state index is 0.0969. The lowest BCUT2D eigenvalue weighted by Crippen LogP contribution is -2.20. The van der Waals surface area contributed by atoms with Crippen molar-refractivity contribution < 1.29 is 13.6 Å². The van der Waals surface area contributed by atoms with Crippen LogP contribution in [0.1, 0.15) is 5.56 Å². The van der Waals surface area contributed by atoms with E-state index in [0.717, 1.165) is 5.56 Å². The summed E-state index contributed by atoms with van der Waals surface area (Å²) in [5.74, 6) is -0.907. The molecule has 0 aliphatic rings. The van der Waals surface area contributed by atoms with Crippen LogP contribution < -0.4 is 10.6 Å². The quantitative estimate of drug-likeness (QED) is 0.846. The first-order valence-electron chi connectivity index (χ1n) is 5.64. The molecular weight excluding hydrogens is 250 g/mol. The zero-order valence-corrected chi connectivity index (χ0v) is 10.2. The summed E-state index contributed by atoms with van der Waals surface area (Å²) in [6.45, 7) is 1.79. The highest BCUT2D eigenvalue weighted by Gasteiger charge is 2.07. The summed E-state index contributed by atoms with van der Waals surface area (Å²) in [5.41, 5.74) is 1.35. The molecule has 0 aliphatic carbocycles. The maximum absolute atomic E-state index is 13.4. The van der Waals surface area contributed by atoms with Crippen molar-refractivity contribution in [2.45, 2.75) is 6.92 Å². The van der Waals surface area contributed by atoms with Gasteiger partial charge in [-0.2, -0.15) is 0 Å². The first kappa shape index (κ1) is 13.0. The van der Waals surface area contributed by atoms with Crippen LogP contribution in [0.5, 0.6) is 0 Å². The van der Waals surface area contributed by atoms with E-state index < -0.39 is 17.7 Å². The van der Waals surface area contributed by atoms with Gasteiger partial charge in [0, 0.05) is 5.69 Å². The molecule has 3 nitrogen and oxygen atoms in total. The van der Waals surface area contributed by atoms with Gasteiger partial charge in [-0.25, -0.2) is 13.6 Å². The zero-order chi connectivity index (χ0) is 13.8. The first-order valence-corrected chi connectivity index (χ1v) is 5.64. The van der Waals surface area contributed by atoms with Gasteiger partial charge in [-0.1, -0.05) is 6.07 Å². The number of carbonyl (C=O) groups excluding carboxylic acids is 1. The van der Waals surface area contributed by atoms with Gasteiger partial charge in [0.05, 0.1) is 5.69 Å². The maximum atomic E-state index is 13.4. The van der Waals surface area contributed by atoms with Gasteiger partial charge < -0.3 is 10.6 Å². The SMILES string of the molecule is Cc1ccc(F)c(NC(=O)Nc2ccc(F)cc2)c1. The number of anilines is 2. The number of hydrogen-bond donors (Lipinski definition) is 2. The molecule has 0 spiro atoms. The second-order valence-electron chi connectivity index (χ2n) is 4.07. The fourth-order valence-electron chi connectivity index (χ4n) is 1.55. The number of rotatable bonds is 2. The Hall–Kier alpha value is -2.43. The number of halogens is 2. The van der Waals surface area contributed by atoms with E-state index in [2.05, 4.69) is 10.6 Å². The third-order valence-electron chi connectivity index (χ3n) is 2.47. The average Bonchev–Trinajstić information content (AvgIpc) is 2.37. The molecule has 2 aromatic carbocycles. The lowest BCUT2D eigenvalue weighted by atomic mass is 10.2. The van der Waals surface area contributed by atoms with E-state index >= 15 is 0 Å². The van der Waals surface area contributed by atoms with Gasteiger partial charge in [0.2, 0.25) is 0 Å². The van der Waals surface area contributed by atoms with Crippen LogP contribution in [0.25, 0.3) is 0 Å². The van der Waals surface area contributed by atoms with Gasteiger partial charge in [-0.3, -0.25) is 0 Å². The molecule has 0 atom stereocenters. The molecule has 5 heteroatoms. The molecule has 0 heterocycles. The van der Waals surface area contributed by atoms with Crippen molar-refractivity contribution in [1.82, 2.24) is 0 Å². The zero-order valence-electron chi connectivity index (χ0n) is 10.2. The number of aryl methyl sites for hydroxylation is 1. The second kappa shape index (κ2) is 5.48. The molecule has 2 amide bonds. The van der Waals surface area contributed by atoms with Crippen LogP contribution in [0, 0.1) is 18.6 Å². The Morgan fingerprint density at radius 3 is 2.37 bits per heavy atom. The van der Waals surface area contributed by atoms with Crippen LogP contribution in [-0.4, -0.2) is 6.03 Å². The highest BCUT2D eigenvalue weighted by Crippen LogP contribution is 2.16. The van der Waals surface area contributed by atoms with E-state index in [1.54, 1.807) is 13.0 Å². The van der Waals surface area contributed by atoms with Crippen molar-refractivity contribution in [2.75, 3.05) is 10.6 Å². The number of hydrogen-bond acceptors (Lipinski definition) is 1. The highest BCUT2D eigenvalue weighted by atomic mass is 19.1. The number of urea groups is 1. The number of carbonyl (C=O) groups is 1. The van der Waals surface area contributed by atoms with Gasteiger partial charge in [0.25, 0.3) is 0 Å². The Labute approximate surface area is 109 Å². The molecule has 0 saturated carbocycles. The number of amides is 2. The minimum Gasteiger partial charge on any atom is -0.308 e. The van der Waals surface area contributed by atoms with E-state index in [9.17, 15) is 13.6 Å². The molecule has 0 fully saturated rings. The van der Waals surface area contributed by atoms with Crippen LogP contribution in [0.15, 0.2) is 42.5 Å². The Balaban J connectivity index is 2.05. The fourth-order valence-corrected chi connectivity index (χ4v) is 1.55. The predicted molar refractivity (Wildman–Crippen MR) is 70.2 cm³/mol. The van der Waals surface area contributed by atoms with Crippen molar-refractivity contribution in [3.05, 3.63) is 59.7 Å². The summed E-state index contributed by atoms with van der Waals surface area (Å²) in [4.78, 5) is 11.6. The van der Waals surface area contributed by atoms with Crippen LogP contribution in [0.4, 0.5) is 25.0 Å². The van der Waals surface area contributed by atoms with E-state index in [1.165, 1.54) is 36.4 Å². The molecule has 2 rings (SSSR count). The summed E-state index contributed by atoms with van der Waals surface area (Å²) in [5, 5.41) is 4.88. The van der Waals surface area contributed by atoms with Gasteiger partial charge in [0.1, 0.15) is 11.6 Å². The fraction of sp³-hybridized carbons (Fsp3) is 0.0714. The van der Waals surface area contributed by atoms with Crippen LogP contribution in [0.2, 0.25) is 0 Å². The molecule has 98 valence electrons. The van der Waals surface area contributed by atoms with Crippen LogP contribution in [-0.2, 0) is 0 Å². The summed E-state index contributed by atoms with van der Waals surface area (Å²) >= 11 is 0. The molecule has 2 N–H and O–H groups in total. The van der Waals surface area contributed by atoms with Gasteiger partial charge in [-0.15, -0.1) is 0 Å². The van der Waals surface area contributed by atoms with Crippen molar-refractivity contribution >= 4 is 17.4 Å². The number of benzene rings is 2. The van der Waals surface area contributed by atoms with Crippen LogP contribution >= 0.6 is 0 Å². The van der Waals surface area contributed by atoms with Crippen molar-refractivity contribution in [3.8, 4) is 0 Å². The normalized spacial score (nSPS) is 10.1. The van der Waals surface area contributed by atoms with Crippen molar-refractivity contribution in [1.29, 1.82) is 0 Å². The monoisotopic (exact) mass is 262 g/mol. The molecule has 0 unspecified atom stereocenters. The lowest BCUT2D eigenvalue weighted by molar-refractivity contribution is 0.262. The van der Waals surface area contributed by atoms with E-state index in [4.69, 9.17) is 0 Å². The standard InChI is InChI=1S/C14H12F2N2O/c1-9-2-7-12(16)13(8-9)18-14(19)17-11-5-3-10(15)4-6-11/h2-8H,1H3,(H2,17,18,19). The van der Waals surface area contributed by atoms with Crippen LogP contribution in [0.3, 0.4) is 0 Å². The molecule has 0 aromatic heterocycles. The van der Waals surface area contributed by atoms with Gasteiger partial charge in [-0.05, 0) is 48.9 Å². The van der Waals surface area contributed by atoms with Crippen molar-refractivity contribution in [3.63, 3.8) is 0 Å². The van der Waals surface area contributed by atoms with E-state index in [-0.39, 0.29) is 5.69 Å². The van der Waals surface area contributed by atoms with Gasteiger partial charge in [0.15, 0.2) is 0 Å². The van der Waals surface area contributed by atoms with Crippen molar-refractivity contribution in [2.24, 2.45) is 0 Å². The molecule has 0 bridgehead atoms. The molecule has 19 heavy (non-hydrogen) atoms. The maximum Gasteiger partial charge on any atom is 0.323 e. The topological polar surface area (TPSA) is 41.1 Å². The second-order valence-corrected chi connectivity index (χ2v) is 4.07. The summed E-state index contributed by atoms with van der Waals surface area (Å²) in [6, 6.07) is 9.12. The number of nitrogens with one attached hydrogen (secondary N) is 2. The predicted octanol–water partition coefficient (Wildman–Crippen LogP) is 3.92. The third-order valence-corrected chi connectivity index (χ3v) is 2.47. The van der Waals surface area contributed by atoms with Gasteiger partial charge >= 0.3 is 6.03 Å². The Bertz CT molecular complexity index is 597. The average molecular weight is 262 g/mol. The Morgan fingerprint density at radius 2 is 1.68 bits per heavy atom. The Morgan fingerprint density at radius 1 is 1.00 bits per heavy atom. The first-order chi connectivity index (χ1) is 9.04. The summed E-state index contributed by atoms with van der Waals surface area (Å²) in [7, 11) is 0. The van der Waals surface area contributed by atoms with E-state index in [1.807, 2.05) is 0 Å². The highest BCUT2D eigenvalue weighted by molar-refractivity contribution is 5.99. The molecular formula is C14H12F2N2O. The smallest absolute Gasteiger partial charge is 0.308 e. The lowest BCUT2D eigenvalue weighted by Gasteiger charge is -2.09. The summed E-state index contributed by atoms with van der Waals surface area (Å²) < 4.78 is 26.1. The van der Waals surface area contributed by atoms with E-state index in [0.29, 0.717) is 5.69 Å². The third kappa shape index (κ3) is 3.51.